The van der Waals surface area contributed by atoms with Gasteiger partial charge >= 0.3 is 0 Å². The highest BCUT2D eigenvalue weighted by Gasteiger charge is 2.08. The number of halogens is 3. The van der Waals surface area contributed by atoms with Crippen molar-refractivity contribution in [1.29, 1.82) is 0 Å². The molecule has 0 fully saturated rings. The van der Waals surface area contributed by atoms with Crippen LogP contribution in [0.3, 0.4) is 0 Å². The van der Waals surface area contributed by atoms with E-state index >= 15 is 0 Å². The quantitative estimate of drug-likeness (QED) is 0.308. The molecule has 1 heterocycles. The number of nitrogens with one attached hydrogen (secondary N) is 1. The maximum atomic E-state index is 14.6. The number of hydrogen-bond acceptors (Lipinski definition) is 1. The highest BCUT2D eigenvalue weighted by atomic mass is 19.2. The van der Waals surface area contributed by atoms with Crippen LogP contribution in [0.5, 0.6) is 5.75 Å². The minimum absolute atomic E-state index is 0.220. The largest absolute Gasteiger partial charge is 0.497 e. The number of rotatable bonds is 2. The first-order valence-corrected chi connectivity index (χ1v) is 9.88. The Balaban J connectivity index is 1.46. The molecular weight excluding hydrogens is 411 g/mol. The molecule has 32 heavy (non-hydrogen) atoms. The normalized spacial score (nSPS) is 10.9. The summed E-state index contributed by atoms with van der Waals surface area (Å²) in [6.45, 7) is 0. The van der Waals surface area contributed by atoms with E-state index < -0.39 is 17.5 Å². The minimum atomic E-state index is -0.974. The van der Waals surface area contributed by atoms with E-state index in [0.717, 1.165) is 45.3 Å². The topological polar surface area (TPSA) is 25.0 Å². The first-order valence-electron chi connectivity index (χ1n) is 9.88. The van der Waals surface area contributed by atoms with Crippen LogP contribution in [0.4, 0.5) is 13.2 Å². The van der Waals surface area contributed by atoms with Crippen LogP contribution in [0, 0.1) is 29.3 Å². The lowest BCUT2D eigenvalue weighted by molar-refractivity contribution is 0.415. The Bertz CT molecular complexity index is 1560. The average Bonchev–Trinajstić information content (AvgIpc) is 3.16. The molecule has 0 spiro atoms. The Hall–Kier alpha value is -4.17. The summed E-state index contributed by atoms with van der Waals surface area (Å²) in [7, 11) is 1.63. The standard InChI is InChI=1S/C27H16F3NO/c1-32-20-8-10-22-21-9-3-16(12-26(21)31-27(22)15-20)2-4-17-5-6-18(13-24(17)29)19-7-11-23(28)25(30)14-19/h3,5-15,31H,1H3. The number of benzene rings is 4. The summed E-state index contributed by atoms with van der Waals surface area (Å²) in [6.07, 6.45) is 0. The third-order valence-corrected chi connectivity index (χ3v) is 5.37. The van der Waals surface area contributed by atoms with Crippen molar-refractivity contribution in [3.63, 3.8) is 0 Å². The molecule has 0 atom stereocenters. The van der Waals surface area contributed by atoms with Crippen molar-refractivity contribution in [1.82, 2.24) is 4.98 Å². The summed E-state index contributed by atoms with van der Waals surface area (Å²) in [5, 5.41) is 2.15. The maximum Gasteiger partial charge on any atom is 0.159 e. The van der Waals surface area contributed by atoms with Crippen molar-refractivity contribution in [2.45, 2.75) is 0 Å². The molecule has 5 aromatic rings. The van der Waals surface area contributed by atoms with Crippen LogP contribution in [0.1, 0.15) is 11.1 Å². The predicted molar refractivity (Wildman–Crippen MR) is 120 cm³/mol. The fourth-order valence-electron chi connectivity index (χ4n) is 3.71. The molecule has 1 aromatic heterocycles. The van der Waals surface area contributed by atoms with Gasteiger partial charge in [0.1, 0.15) is 11.6 Å². The van der Waals surface area contributed by atoms with Gasteiger partial charge in [-0.25, -0.2) is 13.2 Å². The van der Waals surface area contributed by atoms with Crippen LogP contribution >= 0.6 is 0 Å². The Morgan fingerprint density at radius 1 is 0.656 bits per heavy atom. The molecule has 5 heteroatoms. The van der Waals surface area contributed by atoms with Gasteiger partial charge in [-0.3, -0.25) is 0 Å². The van der Waals surface area contributed by atoms with Gasteiger partial charge in [-0.1, -0.05) is 30.0 Å². The Morgan fingerprint density at radius 2 is 1.34 bits per heavy atom. The zero-order valence-corrected chi connectivity index (χ0v) is 17.0. The van der Waals surface area contributed by atoms with Gasteiger partial charge in [0, 0.05) is 27.9 Å². The third-order valence-electron chi connectivity index (χ3n) is 5.37. The fourth-order valence-corrected chi connectivity index (χ4v) is 3.71. The van der Waals surface area contributed by atoms with Crippen molar-refractivity contribution >= 4 is 21.8 Å². The number of fused-ring (bicyclic) bond motifs is 3. The van der Waals surface area contributed by atoms with E-state index in [-0.39, 0.29) is 5.56 Å². The molecule has 0 unspecified atom stereocenters. The van der Waals surface area contributed by atoms with E-state index in [9.17, 15) is 13.2 Å². The van der Waals surface area contributed by atoms with Crippen LogP contribution in [-0.2, 0) is 0 Å². The zero-order chi connectivity index (χ0) is 22.2. The lowest BCUT2D eigenvalue weighted by atomic mass is 10.0. The molecule has 0 saturated carbocycles. The number of aromatic amines is 1. The number of aromatic nitrogens is 1. The molecule has 2 nitrogen and oxygen atoms in total. The number of H-pyrrole nitrogens is 1. The molecule has 156 valence electrons. The van der Waals surface area contributed by atoms with Gasteiger partial charge in [-0.2, -0.15) is 0 Å². The van der Waals surface area contributed by atoms with Crippen molar-refractivity contribution in [2.75, 3.05) is 7.11 Å². The Kier molecular flexibility index (Phi) is 4.84. The molecule has 4 aromatic carbocycles. The summed E-state index contributed by atoms with van der Waals surface area (Å²) in [4.78, 5) is 3.36. The minimum Gasteiger partial charge on any atom is -0.497 e. The van der Waals surface area contributed by atoms with E-state index in [1.165, 1.54) is 18.2 Å². The van der Waals surface area contributed by atoms with Gasteiger partial charge < -0.3 is 9.72 Å². The molecule has 0 bridgehead atoms. The van der Waals surface area contributed by atoms with Crippen molar-refractivity contribution in [3.05, 3.63) is 101 Å². The molecular formula is C27H16F3NO. The highest BCUT2D eigenvalue weighted by Crippen LogP contribution is 2.29. The van der Waals surface area contributed by atoms with Crippen molar-refractivity contribution in [2.24, 2.45) is 0 Å². The molecule has 0 aliphatic carbocycles. The van der Waals surface area contributed by atoms with E-state index in [4.69, 9.17) is 4.74 Å². The molecule has 0 radical (unpaired) electrons. The van der Waals surface area contributed by atoms with Gasteiger partial charge in [-0.15, -0.1) is 0 Å². The average molecular weight is 427 g/mol. The number of methoxy groups -OCH3 is 1. The fraction of sp³-hybridized carbons (Fsp3) is 0.0370. The highest BCUT2D eigenvalue weighted by molar-refractivity contribution is 6.07. The summed E-state index contributed by atoms with van der Waals surface area (Å²) in [5.41, 5.74) is 3.68. The first-order chi connectivity index (χ1) is 15.5. The zero-order valence-electron chi connectivity index (χ0n) is 17.0. The van der Waals surface area contributed by atoms with Crippen LogP contribution in [0.25, 0.3) is 32.9 Å². The molecule has 0 aliphatic heterocycles. The molecule has 1 N–H and O–H groups in total. The first kappa shape index (κ1) is 19.8. The Morgan fingerprint density at radius 3 is 2.06 bits per heavy atom. The van der Waals surface area contributed by atoms with Gasteiger partial charge in [0.15, 0.2) is 11.6 Å². The van der Waals surface area contributed by atoms with Crippen LogP contribution in [0.15, 0.2) is 72.8 Å². The van der Waals surface area contributed by atoms with E-state index in [2.05, 4.69) is 16.8 Å². The van der Waals surface area contributed by atoms with Crippen LogP contribution in [-0.4, -0.2) is 12.1 Å². The van der Waals surface area contributed by atoms with Gasteiger partial charge in [-0.05, 0) is 59.7 Å². The van der Waals surface area contributed by atoms with Crippen molar-refractivity contribution in [3.8, 4) is 28.7 Å². The lowest BCUT2D eigenvalue weighted by Crippen LogP contribution is -1.89. The summed E-state index contributed by atoms with van der Waals surface area (Å²) in [5.74, 6) is 4.17. The molecule has 0 aliphatic rings. The number of hydrogen-bond donors (Lipinski definition) is 1. The van der Waals surface area contributed by atoms with E-state index in [1.54, 1.807) is 13.2 Å². The van der Waals surface area contributed by atoms with Crippen molar-refractivity contribution < 1.29 is 17.9 Å². The molecule has 5 rings (SSSR count). The van der Waals surface area contributed by atoms with E-state index in [0.29, 0.717) is 11.1 Å². The van der Waals surface area contributed by atoms with Crippen LogP contribution in [0.2, 0.25) is 0 Å². The van der Waals surface area contributed by atoms with Gasteiger partial charge in [0.25, 0.3) is 0 Å². The van der Waals surface area contributed by atoms with Gasteiger partial charge in [0.05, 0.1) is 18.2 Å². The monoisotopic (exact) mass is 427 g/mol. The third kappa shape index (κ3) is 3.57. The second-order valence-corrected chi connectivity index (χ2v) is 7.37. The lowest BCUT2D eigenvalue weighted by Gasteiger charge is -2.04. The smallest absolute Gasteiger partial charge is 0.159 e. The Labute approximate surface area is 182 Å². The number of ether oxygens (including phenoxy) is 1. The molecule has 0 amide bonds. The summed E-state index contributed by atoms with van der Waals surface area (Å²) in [6, 6.07) is 19.5. The second-order valence-electron chi connectivity index (χ2n) is 7.37. The molecule has 0 saturated heterocycles. The summed E-state index contributed by atoms with van der Waals surface area (Å²) < 4.78 is 46.5. The summed E-state index contributed by atoms with van der Waals surface area (Å²) >= 11 is 0. The SMILES string of the molecule is COc1ccc2c(c1)[nH]c1cc(C#Cc3ccc(-c4ccc(F)c(F)c4)cc3F)ccc12. The van der Waals surface area contributed by atoms with Crippen LogP contribution < -0.4 is 4.74 Å². The van der Waals surface area contributed by atoms with Gasteiger partial charge in [0.2, 0.25) is 0 Å². The predicted octanol–water partition coefficient (Wildman–Crippen LogP) is 6.81. The second kappa shape index (κ2) is 7.82. The maximum absolute atomic E-state index is 14.6. The van der Waals surface area contributed by atoms with E-state index in [1.807, 2.05) is 36.4 Å².